The summed E-state index contributed by atoms with van der Waals surface area (Å²) < 4.78 is 5.84. The van der Waals surface area contributed by atoms with Crippen molar-refractivity contribution in [3.63, 3.8) is 0 Å². The highest BCUT2D eigenvalue weighted by Gasteiger charge is 2.07. The van der Waals surface area contributed by atoms with Crippen LogP contribution in [0.3, 0.4) is 0 Å². The Morgan fingerprint density at radius 1 is 0.955 bits per heavy atom. The lowest BCUT2D eigenvalue weighted by Crippen LogP contribution is -2.21. The van der Waals surface area contributed by atoms with Gasteiger partial charge in [0, 0.05) is 12.5 Å². The van der Waals surface area contributed by atoms with Gasteiger partial charge in [-0.3, -0.25) is 0 Å². The van der Waals surface area contributed by atoms with Gasteiger partial charge in [-0.15, -0.1) is 0 Å². The molecule has 1 unspecified atom stereocenters. The molecule has 0 bridgehead atoms. The number of benzene rings is 2. The highest BCUT2D eigenvalue weighted by Crippen LogP contribution is 2.20. The molecule has 2 rings (SSSR count). The van der Waals surface area contributed by atoms with E-state index < -0.39 is 0 Å². The molecule has 2 aromatic carbocycles. The van der Waals surface area contributed by atoms with Crippen LogP contribution < -0.4 is 10.1 Å². The summed E-state index contributed by atoms with van der Waals surface area (Å²) in [4.78, 5) is 0. The summed E-state index contributed by atoms with van der Waals surface area (Å²) in [5, 5.41) is 3.58. The summed E-state index contributed by atoms with van der Waals surface area (Å²) >= 11 is 0. The van der Waals surface area contributed by atoms with Crippen LogP contribution in [0.1, 0.15) is 43.9 Å². The van der Waals surface area contributed by atoms with Gasteiger partial charge in [-0.05, 0) is 42.6 Å². The smallest absolute Gasteiger partial charge is 0.119 e. The fourth-order valence-corrected chi connectivity index (χ4v) is 2.54. The SMILES string of the molecule is CCCNC(CC)c1ccc(OCCc2ccccc2)cc1. The van der Waals surface area contributed by atoms with Crippen molar-refractivity contribution in [3.05, 3.63) is 65.7 Å². The van der Waals surface area contributed by atoms with E-state index in [9.17, 15) is 0 Å². The zero-order chi connectivity index (χ0) is 15.6. The minimum absolute atomic E-state index is 0.443. The molecule has 0 amide bonds. The first-order chi connectivity index (χ1) is 10.8. The summed E-state index contributed by atoms with van der Waals surface area (Å²) in [5.74, 6) is 0.949. The van der Waals surface area contributed by atoms with Gasteiger partial charge in [-0.25, -0.2) is 0 Å². The van der Waals surface area contributed by atoms with Crippen LogP contribution in [0.4, 0.5) is 0 Å². The van der Waals surface area contributed by atoms with Crippen LogP contribution in [0.2, 0.25) is 0 Å². The standard InChI is InChI=1S/C20H27NO/c1-3-15-21-20(4-2)18-10-12-19(13-11-18)22-16-14-17-8-6-5-7-9-17/h5-13,20-21H,3-4,14-16H2,1-2H3. The molecule has 2 aromatic rings. The van der Waals surface area contributed by atoms with Crippen LogP contribution in [-0.4, -0.2) is 13.2 Å². The Labute approximate surface area is 134 Å². The number of ether oxygens (including phenoxy) is 1. The van der Waals surface area contributed by atoms with Crippen molar-refractivity contribution >= 4 is 0 Å². The molecule has 22 heavy (non-hydrogen) atoms. The Balaban J connectivity index is 1.83. The van der Waals surface area contributed by atoms with Gasteiger partial charge >= 0.3 is 0 Å². The van der Waals surface area contributed by atoms with E-state index in [0.717, 1.165) is 31.6 Å². The summed E-state index contributed by atoms with van der Waals surface area (Å²) in [6.45, 7) is 6.20. The predicted molar refractivity (Wildman–Crippen MR) is 93.4 cm³/mol. The maximum Gasteiger partial charge on any atom is 0.119 e. The minimum atomic E-state index is 0.443. The van der Waals surface area contributed by atoms with Crippen molar-refractivity contribution in [2.75, 3.05) is 13.2 Å². The van der Waals surface area contributed by atoms with Gasteiger partial charge in [-0.1, -0.05) is 56.3 Å². The number of nitrogens with one attached hydrogen (secondary N) is 1. The van der Waals surface area contributed by atoms with E-state index in [1.54, 1.807) is 0 Å². The van der Waals surface area contributed by atoms with Crippen molar-refractivity contribution in [2.24, 2.45) is 0 Å². The second kappa shape index (κ2) is 9.26. The van der Waals surface area contributed by atoms with E-state index >= 15 is 0 Å². The minimum Gasteiger partial charge on any atom is -0.493 e. The maximum absolute atomic E-state index is 5.84. The normalized spacial score (nSPS) is 12.1. The largest absolute Gasteiger partial charge is 0.493 e. The van der Waals surface area contributed by atoms with Gasteiger partial charge in [0.2, 0.25) is 0 Å². The van der Waals surface area contributed by atoms with E-state index in [-0.39, 0.29) is 0 Å². The topological polar surface area (TPSA) is 21.3 Å². The molecule has 0 aromatic heterocycles. The van der Waals surface area contributed by atoms with Gasteiger partial charge in [0.1, 0.15) is 5.75 Å². The van der Waals surface area contributed by atoms with Gasteiger partial charge < -0.3 is 10.1 Å². The van der Waals surface area contributed by atoms with E-state index in [2.05, 4.69) is 67.7 Å². The van der Waals surface area contributed by atoms with E-state index in [0.29, 0.717) is 12.6 Å². The van der Waals surface area contributed by atoms with E-state index in [4.69, 9.17) is 4.74 Å². The van der Waals surface area contributed by atoms with Gasteiger partial charge in [0.05, 0.1) is 6.61 Å². The number of hydrogen-bond acceptors (Lipinski definition) is 2. The van der Waals surface area contributed by atoms with Crippen LogP contribution in [-0.2, 0) is 6.42 Å². The lowest BCUT2D eigenvalue weighted by atomic mass is 10.0. The molecule has 2 nitrogen and oxygen atoms in total. The quantitative estimate of drug-likeness (QED) is 0.720. The molecule has 2 heteroatoms. The van der Waals surface area contributed by atoms with Gasteiger partial charge in [-0.2, -0.15) is 0 Å². The molecular weight excluding hydrogens is 270 g/mol. The Hall–Kier alpha value is -1.80. The predicted octanol–water partition coefficient (Wildman–Crippen LogP) is 4.76. The fourth-order valence-electron chi connectivity index (χ4n) is 2.54. The molecule has 0 spiro atoms. The van der Waals surface area contributed by atoms with Crippen LogP contribution in [0, 0.1) is 0 Å². The van der Waals surface area contributed by atoms with Crippen LogP contribution in [0.5, 0.6) is 5.75 Å². The van der Waals surface area contributed by atoms with E-state index in [1.807, 2.05) is 6.07 Å². The molecule has 0 radical (unpaired) electrons. The van der Waals surface area contributed by atoms with Crippen molar-refractivity contribution in [2.45, 2.75) is 39.2 Å². The van der Waals surface area contributed by atoms with Gasteiger partial charge in [0.25, 0.3) is 0 Å². The molecule has 0 aliphatic heterocycles. The third-order valence-electron chi connectivity index (χ3n) is 3.83. The Morgan fingerprint density at radius 3 is 2.32 bits per heavy atom. The average Bonchev–Trinajstić information content (AvgIpc) is 2.58. The third kappa shape index (κ3) is 5.19. The molecule has 0 aliphatic carbocycles. The van der Waals surface area contributed by atoms with Crippen molar-refractivity contribution < 1.29 is 4.74 Å². The second-order valence-corrected chi connectivity index (χ2v) is 5.57. The highest BCUT2D eigenvalue weighted by atomic mass is 16.5. The van der Waals surface area contributed by atoms with Crippen LogP contribution in [0.15, 0.2) is 54.6 Å². The Bertz CT molecular complexity index is 521. The highest BCUT2D eigenvalue weighted by molar-refractivity contribution is 5.29. The second-order valence-electron chi connectivity index (χ2n) is 5.57. The summed E-state index contributed by atoms with van der Waals surface area (Å²) in [6, 6.07) is 19.4. The Kier molecular flexibility index (Phi) is 6.98. The summed E-state index contributed by atoms with van der Waals surface area (Å²) in [6.07, 6.45) is 3.21. The summed E-state index contributed by atoms with van der Waals surface area (Å²) in [5.41, 5.74) is 2.65. The van der Waals surface area contributed by atoms with Crippen LogP contribution >= 0.6 is 0 Å². The van der Waals surface area contributed by atoms with Crippen molar-refractivity contribution in [1.29, 1.82) is 0 Å². The molecule has 118 valence electrons. The maximum atomic E-state index is 5.84. The monoisotopic (exact) mass is 297 g/mol. The first kappa shape index (κ1) is 16.6. The molecule has 0 saturated carbocycles. The zero-order valence-electron chi connectivity index (χ0n) is 13.7. The van der Waals surface area contributed by atoms with Crippen molar-refractivity contribution in [3.8, 4) is 5.75 Å². The average molecular weight is 297 g/mol. The summed E-state index contributed by atoms with van der Waals surface area (Å²) in [7, 11) is 0. The van der Waals surface area contributed by atoms with Crippen molar-refractivity contribution in [1.82, 2.24) is 5.32 Å². The first-order valence-electron chi connectivity index (χ1n) is 8.33. The van der Waals surface area contributed by atoms with E-state index in [1.165, 1.54) is 11.1 Å². The Morgan fingerprint density at radius 2 is 1.68 bits per heavy atom. The number of rotatable bonds is 9. The zero-order valence-corrected chi connectivity index (χ0v) is 13.7. The molecule has 0 saturated heterocycles. The molecule has 0 heterocycles. The molecule has 0 fully saturated rings. The molecular formula is C20H27NO. The lowest BCUT2D eigenvalue weighted by Gasteiger charge is -2.17. The molecule has 1 N–H and O–H groups in total. The number of hydrogen-bond donors (Lipinski definition) is 1. The third-order valence-corrected chi connectivity index (χ3v) is 3.83. The fraction of sp³-hybridized carbons (Fsp3) is 0.400. The molecule has 0 aliphatic rings. The lowest BCUT2D eigenvalue weighted by molar-refractivity contribution is 0.321. The molecule has 1 atom stereocenters. The first-order valence-corrected chi connectivity index (χ1v) is 8.33. The van der Waals surface area contributed by atoms with Gasteiger partial charge in [0.15, 0.2) is 0 Å². The van der Waals surface area contributed by atoms with Crippen LogP contribution in [0.25, 0.3) is 0 Å².